The maximum absolute atomic E-state index is 5.96. The van der Waals surface area contributed by atoms with Crippen LogP contribution in [0.1, 0.15) is 20.3 Å². The molecule has 174 valence electrons. The Balaban J connectivity index is 1.83. The number of benzene rings is 4. The molecule has 0 bridgehead atoms. The van der Waals surface area contributed by atoms with Crippen molar-refractivity contribution >= 4 is 37.4 Å². The molecule has 0 saturated carbocycles. The molecule has 0 saturated heterocycles. The Kier molecular flexibility index (Phi) is 9.43. The molecule has 0 atom stereocenters. The van der Waals surface area contributed by atoms with E-state index in [9.17, 15) is 0 Å². The van der Waals surface area contributed by atoms with E-state index in [4.69, 9.17) is 4.74 Å². The Bertz CT molecular complexity index is 930. The predicted octanol–water partition coefficient (Wildman–Crippen LogP) is 6.20. The zero-order chi connectivity index (χ0) is 23.6. The van der Waals surface area contributed by atoms with Crippen molar-refractivity contribution in [3.8, 4) is 0 Å². The number of nitrogens with zero attached hydrogens (tertiary/aromatic N) is 1. The Morgan fingerprint density at radius 2 is 0.882 bits per heavy atom. The molecule has 0 N–H and O–H groups in total. The highest BCUT2D eigenvalue weighted by Crippen LogP contribution is 2.54. The van der Waals surface area contributed by atoms with Gasteiger partial charge >= 0.3 is 0 Å². The van der Waals surface area contributed by atoms with Crippen LogP contribution in [-0.2, 0) is 4.74 Å². The van der Waals surface area contributed by atoms with Gasteiger partial charge in [0.2, 0.25) is 0 Å². The highest BCUT2D eigenvalue weighted by molar-refractivity contribution is 7.84. The van der Waals surface area contributed by atoms with Gasteiger partial charge in [0.1, 0.15) is 0 Å². The van der Waals surface area contributed by atoms with Crippen LogP contribution in [0, 0.1) is 0 Å². The molecule has 0 unspecified atom stereocenters. The van der Waals surface area contributed by atoms with Crippen molar-refractivity contribution in [1.82, 2.24) is 4.44 Å². The molecule has 0 aromatic heterocycles. The van der Waals surface area contributed by atoms with Crippen LogP contribution in [0.4, 0.5) is 0 Å². The Morgan fingerprint density at radius 3 is 1.18 bits per heavy atom. The van der Waals surface area contributed by atoms with Crippen molar-refractivity contribution in [2.45, 2.75) is 26.4 Å². The van der Waals surface area contributed by atoms with Gasteiger partial charge in [-0.15, -0.1) is 0 Å². The van der Waals surface area contributed by atoms with Gasteiger partial charge in [-0.25, -0.2) is 4.44 Å². The molecule has 34 heavy (non-hydrogen) atoms. The third kappa shape index (κ3) is 6.62. The van der Waals surface area contributed by atoms with Crippen LogP contribution in [0.15, 0.2) is 121 Å². The monoisotopic (exact) mass is 485 g/mol. The molecule has 4 aromatic rings. The summed E-state index contributed by atoms with van der Waals surface area (Å²) >= 11 is 0. The Morgan fingerprint density at radius 1 is 0.559 bits per heavy atom. The van der Waals surface area contributed by atoms with E-state index in [1.165, 1.54) is 21.2 Å². The van der Waals surface area contributed by atoms with Crippen LogP contribution >= 0.6 is 16.1 Å². The summed E-state index contributed by atoms with van der Waals surface area (Å²) < 4.78 is 8.74. The quantitative estimate of drug-likeness (QED) is 0.185. The van der Waals surface area contributed by atoms with Gasteiger partial charge in [0, 0.05) is 29.3 Å². The molecule has 0 heterocycles. The molecule has 0 aliphatic heterocycles. The van der Waals surface area contributed by atoms with Crippen LogP contribution in [0.5, 0.6) is 0 Å². The van der Waals surface area contributed by atoms with E-state index < -0.39 is 16.1 Å². The molecule has 0 radical (unpaired) electrons. The number of hydrogen-bond acceptors (Lipinski definition) is 2. The summed E-state index contributed by atoms with van der Waals surface area (Å²) in [6.07, 6.45) is 1.25. The summed E-state index contributed by atoms with van der Waals surface area (Å²) in [5, 5.41) is 5.53. The van der Waals surface area contributed by atoms with E-state index >= 15 is 0 Å². The molecule has 4 aromatic carbocycles. The summed E-state index contributed by atoms with van der Waals surface area (Å²) in [6, 6.07) is 44.1. The lowest BCUT2D eigenvalue weighted by molar-refractivity contribution is 0.0764. The standard InChI is InChI=1S/C30H33NOP2/c1-26(2)32-25-15-24-31(33(27-16-7-3-8-17-27)28-18-9-4-10-19-28)34(29-20-11-5-12-21-29)30-22-13-6-14-23-30/h3-14,16-23,26H,15,24-25H2,1-2H3. The fourth-order valence-electron chi connectivity index (χ4n) is 3.92. The number of hydrogen-bond donors (Lipinski definition) is 0. The van der Waals surface area contributed by atoms with Gasteiger partial charge in [0.05, 0.1) is 6.10 Å². The molecule has 4 rings (SSSR count). The van der Waals surface area contributed by atoms with Gasteiger partial charge in [-0.3, -0.25) is 0 Å². The second-order valence-corrected chi connectivity index (χ2v) is 12.9. The second-order valence-electron chi connectivity index (χ2n) is 8.33. The summed E-state index contributed by atoms with van der Waals surface area (Å²) in [4.78, 5) is 0. The Labute approximate surface area is 207 Å². The van der Waals surface area contributed by atoms with Crippen molar-refractivity contribution in [2.75, 3.05) is 13.2 Å². The van der Waals surface area contributed by atoms with Crippen LogP contribution in [0.25, 0.3) is 0 Å². The fourth-order valence-corrected chi connectivity index (χ4v) is 10.0. The van der Waals surface area contributed by atoms with Crippen molar-refractivity contribution in [3.05, 3.63) is 121 Å². The lowest BCUT2D eigenvalue weighted by atomic mass is 10.4. The molecular weight excluding hydrogens is 452 g/mol. The lowest BCUT2D eigenvalue weighted by Gasteiger charge is -2.39. The second kappa shape index (κ2) is 12.9. The molecule has 0 aliphatic rings. The zero-order valence-corrected chi connectivity index (χ0v) is 21.8. The van der Waals surface area contributed by atoms with Crippen LogP contribution in [0.3, 0.4) is 0 Å². The van der Waals surface area contributed by atoms with Crippen molar-refractivity contribution in [2.24, 2.45) is 0 Å². The minimum atomic E-state index is -0.726. The van der Waals surface area contributed by atoms with Crippen LogP contribution in [0.2, 0.25) is 0 Å². The zero-order valence-electron chi connectivity index (χ0n) is 20.0. The third-order valence-corrected chi connectivity index (χ3v) is 11.0. The van der Waals surface area contributed by atoms with Crippen molar-refractivity contribution < 1.29 is 4.74 Å². The van der Waals surface area contributed by atoms with E-state index in [2.05, 4.69) is 140 Å². The normalized spacial score (nSPS) is 11.6. The van der Waals surface area contributed by atoms with Gasteiger partial charge < -0.3 is 4.74 Å². The topological polar surface area (TPSA) is 12.5 Å². The molecular formula is C30H33NOP2. The first-order chi connectivity index (χ1) is 16.7. The van der Waals surface area contributed by atoms with Crippen LogP contribution < -0.4 is 21.2 Å². The lowest BCUT2D eigenvalue weighted by Crippen LogP contribution is -2.32. The SMILES string of the molecule is CC(C)OCCCN(P(c1ccccc1)c1ccccc1)P(c1ccccc1)c1ccccc1. The van der Waals surface area contributed by atoms with E-state index in [0.717, 1.165) is 19.6 Å². The minimum Gasteiger partial charge on any atom is -0.379 e. The average Bonchev–Trinajstić information content (AvgIpc) is 2.89. The van der Waals surface area contributed by atoms with Gasteiger partial charge in [-0.05, 0) is 41.5 Å². The first kappa shape index (κ1) is 24.8. The Hall–Kier alpha value is -2.34. The maximum atomic E-state index is 5.96. The highest BCUT2D eigenvalue weighted by Gasteiger charge is 2.31. The van der Waals surface area contributed by atoms with Crippen LogP contribution in [-0.4, -0.2) is 23.7 Å². The van der Waals surface area contributed by atoms with E-state index in [-0.39, 0.29) is 6.10 Å². The molecule has 4 heteroatoms. The summed E-state index contributed by atoms with van der Waals surface area (Å²) in [5.74, 6) is 0. The van der Waals surface area contributed by atoms with Crippen molar-refractivity contribution in [1.29, 1.82) is 0 Å². The first-order valence-electron chi connectivity index (χ1n) is 11.9. The molecule has 0 spiro atoms. The summed E-state index contributed by atoms with van der Waals surface area (Å²) in [7, 11) is -1.45. The van der Waals surface area contributed by atoms with Gasteiger partial charge in [0.25, 0.3) is 0 Å². The molecule has 0 aliphatic carbocycles. The molecule has 2 nitrogen and oxygen atoms in total. The smallest absolute Gasteiger partial charge is 0.0518 e. The number of ether oxygens (including phenoxy) is 1. The van der Waals surface area contributed by atoms with E-state index in [1.807, 2.05) is 0 Å². The first-order valence-corrected chi connectivity index (χ1v) is 14.5. The maximum Gasteiger partial charge on any atom is 0.0518 e. The van der Waals surface area contributed by atoms with Gasteiger partial charge in [-0.1, -0.05) is 121 Å². The minimum absolute atomic E-state index is 0.253. The van der Waals surface area contributed by atoms with E-state index in [1.54, 1.807) is 0 Å². The predicted molar refractivity (Wildman–Crippen MR) is 151 cm³/mol. The van der Waals surface area contributed by atoms with Crippen molar-refractivity contribution in [3.63, 3.8) is 0 Å². The average molecular weight is 486 g/mol. The summed E-state index contributed by atoms with van der Waals surface area (Å²) in [5.41, 5.74) is 0. The van der Waals surface area contributed by atoms with E-state index in [0.29, 0.717) is 0 Å². The number of rotatable bonds is 11. The molecule has 0 fully saturated rings. The summed E-state index contributed by atoms with van der Waals surface area (Å²) in [6.45, 7) is 5.96. The highest BCUT2D eigenvalue weighted by atomic mass is 31.2. The third-order valence-electron chi connectivity index (χ3n) is 5.42. The van der Waals surface area contributed by atoms with Gasteiger partial charge in [0.15, 0.2) is 0 Å². The largest absolute Gasteiger partial charge is 0.379 e. The molecule has 0 amide bonds. The fraction of sp³-hybridized carbons (Fsp3) is 0.200. The van der Waals surface area contributed by atoms with Gasteiger partial charge in [-0.2, -0.15) is 0 Å².